The van der Waals surface area contributed by atoms with Gasteiger partial charge in [0.2, 0.25) is 0 Å². The molecule has 6 nitrogen and oxygen atoms in total. The van der Waals surface area contributed by atoms with E-state index in [1.54, 1.807) is 30.3 Å². The first-order valence-electron chi connectivity index (χ1n) is 8.46. The Morgan fingerprint density at radius 2 is 0.926 bits per heavy atom. The van der Waals surface area contributed by atoms with Gasteiger partial charge < -0.3 is 21.3 Å². The molecule has 4 N–H and O–H groups in total. The lowest BCUT2D eigenvalue weighted by Gasteiger charge is -2.12. The smallest absolute Gasteiger partial charge is 0.308 e. The van der Waals surface area contributed by atoms with Crippen LogP contribution in [0.3, 0.4) is 0 Å². The lowest BCUT2D eigenvalue weighted by Crippen LogP contribution is -2.21. The summed E-state index contributed by atoms with van der Waals surface area (Å²) >= 11 is 0. The van der Waals surface area contributed by atoms with E-state index in [9.17, 15) is 9.59 Å². The molecule has 0 saturated heterocycles. The summed E-state index contributed by atoms with van der Waals surface area (Å²) < 4.78 is 0. The van der Waals surface area contributed by atoms with Crippen molar-refractivity contribution in [2.24, 2.45) is 0 Å². The molecule has 3 aromatic rings. The predicted molar refractivity (Wildman–Crippen MR) is 109 cm³/mol. The normalized spacial score (nSPS) is 9.96. The van der Waals surface area contributed by atoms with Crippen molar-refractivity contribution in [2.45, 2.75) is 6.92 Å². The average Bonchev–Trinajstić information content (AvgIpc) is 2.62. The average molecular weight is 360 g/mol. The number of nitrogens with one attached hydrogen (secondary N) is 4. The molecule has 136 valence electrons. The van der Waals surface area contributed by atoms with E-state index in [0.717, 1.165) is 5.56 Å². The number of rotatable bonds is 4. The van der Waals surface area contributed by atoms with Gasteiger partial charge in [0.05, 0.1) is 0 Å². The molecule has 0 aliphatic heterocycles. The zero-order valence-corrected chi connectivity index (χ0v) is 14.8. The maximum absolute atomic E-state index is 12.1. The van der Waals surface area contributed by atoms with Crippen LogP contribution < -0.4 is 21.3 Å². The Kier molecular flexibility index (Phi) is 5.69. The molecule has 0 heterocycles. The van der Waals surface area contributed by atoms with Crippen molar-refractivity contribution >= 4 is 34.8 Å². The summed E-state index contributed by atoms with van der Waals surface area (Å²) in [6, 6.07) is 23.0. The number of aryl methyl sites for hydroxylation is 1. The van der Waals surface area contributed by atoms with E-state index >= 15 is 0 Å². The molecule has 3 aromatic carbocycles. The molecule has 0 atom stereocenters. The third-order valence-electron chi connectivity index (χ3n) is 3.66. The van der Waals surface area contributed by atoms with Crippen molar-refractivity contribution in [3.8, 4) is 0 Å². The van der Waals surface area contributed by atoms with Crippen molar-refractivity contribution in [1.29, 1.82) is 0 Å². The van der Waals surface area contributed by atoms with Gasteiger partial charge in [-0.15, -0.1) is 0 Å². The van der Waals surface area contributed by atoms with Gasteiger partial charge in [0.1, 0.15) is 0 Å². The van der Waals surface area contributed by atoms with E-state index in [1.165, 1.54) is 0 Å². The highest BCUT2D eigenvalue weighted by molar-refractivity contribution is 6.02. The summed E-state index contributed by atoms with van der Waals surface area (Å²) in [4.78, 5) is 24.3. The molecule has 0 aromatic heterocycles. The fourth-order valence-corrected chi connectivity index (χ4v) is 2.56. The van der Waals surface area contributed by atoms with E-state index < -0.39 is 0 Å². The predicted octanol–water partition coefficient (Wildman–Crippen LogP) is 5.28. The van der Waals surface area contributed by atoms with Crippen LogP contribution in [0.15, 0.2) is 78.9 Å². The highest BCUT2D eigenvalue weighted by Gasteiger charge is 2.07. The Labute approximate surface area is 157 Å². The van der Waals surface area contributed by atoms with E-state index in [1.807, 2.05) is 55.5 Å². The van der Waals surface area contributed by atoms with Crippen LogP contribution in [-0.4, -0.2) is 12.1 Å². The van der Waals surface area contributed by atoms with Crippen molar-refractivity contribution < 1.29 is 9.59 Å². The van der Waals surface area contributed by atoms with Gasteiger partial charge in [-0.1, -0.05) is 36.4 Å². The second-order valence-corrected chi connectivity index (χ2v) is 5.98. The zero-order chi connectivity index (χ0) is 19.1. The number of hydrogen-bond acceptors (Lipinski definition) is 2. The molecule has 0 aliphatic carbocycles. The number of amides is 4. The molecule has 3 rings (SSSR count). The van der Waals surface area contributed by atoms with Crippen LogP contribution in [0.5, 0.6) is 0 Å². The lowest BCUT2D eigenvalue weighted by atomic mass is 10.2. The first-order valence-corrected chi connectivity index (χ1v) is 8.46. The van der Waals surface area contributed by atoms with Crippen LogP contribution in [0.1, 0.15) is 5.56 Å². The highest BCUT2D eigenvalue weighted by atomic mass is 16.2. The van der Waals surface area contributed by atoms with Crippen molar-refractivity contribution in [1.82, 2.24) is 0 Å². The Balaban J connectivity index is 1.63. The van der Waals surface area contributed by atoms with E-state index in [0.29, 0.717) is 22.7 Å². The Bertz CT molecular complexity index is 854. The van der Waals surface area contributed by atoms with E-state index in [-0.39, 0.29) is 12.1 Å². The van der Waals surface area contributed by atoms with Crippen molar-refractivity contribution in [3.63, 3.8) is 0 Å². The van der Waals surface area contributed by atoms with Gasteiger partial charge in [-0.3, -0.25) is 0 Å². The minimum atomic E-state index is -0.355. The molecule has 0 fully saturated rings. The second kappa shape index (κ2) is 8.53. The van der Waals surface area contributed by atoms with Crippen molar-refractivity contribution in [2.75, 3.05) is 21.3 Å². The molecule has 0 bridgehead atoms. The first kappa shape index (κ1) is 18.0. The van der Waals surface area contributed by atoms with E-state index in [4.69, 9.17) is 0 Å². The zero-order valence-electron chi connectivity index (χ0n) is 14.8. The quantitative estimate of drug-likeness (QED) is 0.510. The maximum atomic E-state index is 12.1. The van der Waals surface area contributed by atoms with Crippen LogP contribution in [0.2, 0.25) is 0 Å². The molecule has 0 saturated carbocycles. The summed E-state index contributed by atoms with van der Waals surface area (Å²) in [5.41, 5.74) is 3.46. The summed E-state index contributed by atoms with van der Waals surface area (Å²) in [6.07, 6.45) is 0. The number of carbonyl (C=O) groups excluding carboxylic acids is 2. The third kappa shape index (κ3) is 5.61. The van der Waals surface area contributed by atoms with Gasteiger partial charge >= 0.3 is 12.1 Å². The Morgan fingerprint density at radius 3 is 1.33 bits per heavy atom. The number of para-hydroxylation sites is 2. The third-order valence-corrected chi connectivity index (χ3v) is 3.66. The summed E-state index contributed by atoms with van der Waals surface area (Å²) in [5.74, 6) is 0. The minimum absolute atomic E-state index is 0.355. The fourth-order valence-electron chi connectivity index (χ4n) is 2.56. The van der Waals surface area contributed by atoms with Gasteiger partial charge in [-0.05, 0) is 55.0 Å². The molecule has 0 aliphatic rings. The van der Waals surface area contributed by atoms with Crippen LogP contribution in [0.25, 0.3) is 0 Å². The number of urea groups is 2. The van der Waals surface area contributed by atoms with Crippen LogP contribution in [-0.2, 0) is 0 Å². The standard InChI is InChI=1S/C21H20N4O2/c1-15-12-18(24-20(26)22-16-8-4-2-5-9-16)14-19(13-15)25-21(27)23-17-10-6-3-7-11-17/h2-14H,1H3,(H2,22,24,26)(H2,23,25,27). The molecule has 4 amide bonds. The Hall–Kier alpha value is -3.80. The summed E-state index contributed by atoms with van der Waals surface area (Å²) in [5, 5.41) is 11.1. The van der Waals surface area contributed by atoms with Gasteiger partial charge in [0.15, 0.2) is 0 Å². The second-order valence-electron chi connectivity index (χ2n) is 5.98. The Morgan fingerprint density at radius 1 is 0.556 bits per heavy atom. The van der Waals surface area contributed by atoms with Crippen LogP contribution in [0.4, 0.5) is 32.3 Å². The van der Waals surface area contributed by atoms with Gasteiger partial charge in [-0.2, -0.15) is 0 Å². The maximum Gasteiger partial charge on any atom is 0.323 e. The van der Waals surface area contributed by atoms with Gasteiger partial charge in [-0.25, -0.2) is 9.59 Å². The molecule has 6 heteroatoms. The fraction of sp³-hybridized carbons (Fsp3) is 0.0476. The van der Waals surface area contributed by atoms with E-state index in [2.05, 4.69) is 21.3 Å². The molecule has 0 spiro atoms. The largest absolute Gasteiger partial charge is 0.323 e. The van der Waals surface area contributed by atoms with Crippen LogP contribution >= 0.6 is 0 Å². The molecule has 0 unspecified atom stereocenters. The molecular weight excluding hydrogens is 340 g/mol. The highest BCUT2D eigenvalue weighted by Crippen LogP contribution is 2.19. The lowest BCUT2D eigenvalue weighted by molar-refractivity contribution is 0.261. The van der Waals surface area contributed by atoms with Gasteiger partial charge in [0, 0.05) is 22.7 Å². The summed E-state index contributed by atoms with van der Waals surface area (Å²) in [6.45, 7) is 1.89. The monoisotopic (exact) mass is 360 g/mol. The van der Waals surface area contributed by atoms with Crippen LogP contribution in [0, 0.1) is 6.92 Å². The number of anilines is 4. The number of hydrogen-bond donors (Lipinski definition) is 4. The molecule has 0 radical (unpaired) electrons. The first-order chi connectivity index (χ1) is 13.1. The minimum Gasteiger partial charge on any atom is -0.308 e. The summed E-state index contributed by atoms with van der Waals surface area (Å²) in [7, 11) is 0. The SMILES string of the molecule is Cc1cc(NC(=O)Nc2ccccc2)cc(NC(=O)Nc2ccccc2)c1. The topological polar surface area (TPSA) is 82.3 Å². The number of carbonyl (C=O) groups is 2. The number of benzene rings is 3. The van der Waals surface area contributed by atoms with Gasteiger partial charge in [0.25, 0.3) is 0 Å². The molecule has 27 heavy (non-hydrogen) atoms. The van der Waals surface area contributed by atoms with Crippen molar-refractivity contribution in [3.05, 3.63) is 84.4 Å². The molecular formula is C21H20N4O2.